The van der Waals surface area contributed by atoms with Crippen molar-refractivity contribution in [3.63, 3.8) is 0 Å². The lowest BCUT2D eigenvalue weighted by atomic mass is 9.90. The molecular weight excluding hydrogens is 382 g/mol. The summed E-state index contributed by atoms with van der Waals surface area (Å²) < 4.78 is 0. The molecule has 3 aromatic rings. The zero-order chi connectivity index (χ0) is 21.2. The normalized spacial score (nSPS) is 16.0. The Morgan fingerprint density at radius 2 is 1.84 bits per heavy atom. The van der Waals surface area contributed by atoms with Gasteiger partial charge < -0.3 is 16.0 Å². The molecule has 0 aliphatic carbocycles. The van der Waals surface area contributed by atoms with Crippen molar-refractivity contribution in [2.24, 2.45) is 0 Å². The number of pyridine rings is 2. The fraction of sp³-hybridized carbons (Fsp3) is 0.231. The number of nitrogens with one attached hydrogen (secondary N) is 3. The summed E-state index contributed by atoms with van der Waals surface area (Å²) in [6, 6.07) is 14.9. The number of piperidine rings is 1. The fourth-order valence-corrected chi connectivity index (χ4v) is 4.29. The van der Waals surface area contributed by atoms with Gasteiger partial charge in [-0.05, 0) is 85.8 Å². The Balaban J connectivity index is 1.49. The summed E-state index contributed by atoms with van der Waals surface area (Å²) in [5, 5.41) is 10.2. The Hall–Kier alpha value is -3.44. The molecule has 5 rings (SSSR count). The number of aromatic nitrogens is 2. The van der Waals surface area contributed by atoms with E-state index in [2.05, 4.69) is 70.0 Å². The Morgan fingerprint density at radius 1 is 1.03 bits per heavy atom. The topological polar surface area (TPSA) is 61.9 Å². The third-order valence-corrected chi connectivity index (χ3v) is 6.03. The van der Waals surface area contributed by atoms with Gasteiger partial charge in [0.1, 0.15) is 5.82 Å². The minimum atomic E-state index is 0.645. The predicted octanol–water partition coefficient (Wildman–Crippen LogP) is 5.21. The fourth-order valence-electron chi connectivity index (χ4n) is 4.29. The molecule has 0 atom stereocenters. The number of benzene rings is 1. The molecule has 4 heterocycles. The first kappa shape index (κ1) is 19.5. The molecule has 2 aliphatic heterocycles. The monoisotopic (exact) mass is 409 g/mol. The number of hydrogen-bond donors (Lipinski definition) is 3. The molecule has 31 heavy (non-hydrogen) atoms. The van der Waals surface area contributed by atoms with Crippen molar-refractivity contribution in [2.45, 2.75) is 25.7 Å². The van der Waals surface area contributed by atoms with Crippen LogP contribution in [0.2, 0.25) is 0 Å². The zero-order valence-corrected chi connectivity index (χ0v) is 17.8. The molecule has 5 heteroatoms. The molecule has 1 aromatic carbocycles. The minimum Gasteiger partial charge on any atom is -0.362 e. The summed E-state index contributed by atoms with van der Waals surface area (Å²) in [4.78, 5) is 9.50. The highest BCUT2D eigenvalue weighted by molar-refractivity contribution is 5.86. The van der Waals surface area contributed by atoms with E-state index in [0.717, 1.165) is 58.4 Å². The van der Waals surface area contributed by atoms with E-state index in [-0.39, 0.29) is 0 Å². The molecular formula is C26H27N5. The van der Waals surface area contributed by atoms with E-state index in [4.69, 9.17) is 4.98 Å². The average Bonchev–Trinajstić information content (AvgIpc) is 2.80. The summed E-state index contributed by atoms with van der Waals surface area (Å²) in [5.41, 5.74) is 8.15. The van der Waals surface area contributed by atoms with Crippen LogP contribution in [-0.4, -0.2) is 23.1 Å². The second-order valence-corrected chi connectivity index (χ2v) is 8.27. The molecule has 0 bridgehead atoms. The van der Waals surface area contributed by atoms with Gasteiger partial charge in [-0.2, -0.15) is 0 Å². The lowest BCUT2D eigenvalue weighted by Crippen LogP contribution is -2.26. The Morgan fingerprint density at radius 3 is 2.58 bits per heavy atom. The maximum absolute atomic E-state index is 4.93. The van der Waals surface area contributed by atoms with Gasteiger partial charge in [0.05, 0.1) is 11.4 Å². The molecule has 1 fully saturated rings. The van der Waals surface area contributed by atoms with E-state index in [9.17, 15) is 0 Å². The van der Waals surface area contributed by atoms with E-state index in [1.807, 2.05) is 25.4 Å². The third-order valence-electron chi connectivity index (χ3n) is 6.03. The van der Waals surface area contributed by atoms with Gasteiger partial charge in [-0.3, -0.25) is 4.98 Å². The van der Waals surface area contributed by atoms with Crippen molar-refractivity contribution in [2.75, 3.05) is 18.4 Å². The van der Waals surface area contributed by atoms with Crippen LogP contribution in [-0.2, 0) is 0 Å². The van der Waals surface area contributed by atoms with Crippen LogP contribution in [0.3, 0.4) is 0 Å². The van der Waals surface area contributed by atoms with Crippen LogP contribution in [0.4, 0.5) is 11.5 Å². The predicted molar refractivity (Wildman–Crippen MR) is 128 cm³/mol. The van der Waals surface area contributed by atoms with Crippen LogP contribution >= 0.6 is 0 Å². The lowest BCUT2D eigenvalue weighted by molar-refractivity contribution is 0.460. The smallest absolute Gasteiger partial charge is 0.141 e. The number of fused-ring (bicyclic) bond motifs is 1. The average molecular weight is 410 g/mol. The van der Waals surface area contributed by atoms with Crippen LogP contribution in [0, 0.1) is 6.92 Å². The van der Waals surface area contributed by atoms with Gasteiger partial charge in [0, 0.05) is 29.3 Å². The first-order valence-electron chi connectivity index (χ1n) is 10.9. The summed E-state index contributed by atoms with van der Waals surface area (Å²) in [7, 11) is 0. The van der Waals surface area contributed by atoms with E-state index in [0.29, 0.717) is 5.92 Å². The number of hydrogen-bond acceptors (Lipinski definition) is 5. The van der Waals surface area contributed by atoms with E-state index in [1.54, 1.807) is 0 Å². The molecule has 0 amide bonds. The molecule has 5 nitrogen and oxygen atoms in total. The van der Waals surface area contributed by atoms with Crippen LogP contribution in [0.1, 0.15) is 41.0 Å². The van der Waals surface area contributed by atoms with E-state index in [1.165, 1.54) is 18.4 Å². The van der Waals surface area contributed by atoms with Gasteiger partial charge in [0.2, 0.25) is 0 Å². The standard InChI is InChI=1S/C26H27N5/c1-17-3-8-23(29-16-17)24-15-21-11-14-28-18(2)25(21)26(31-24)30-22-6-4-19(5-7-22)20-9-12-27-13-10-20/h3-8,11,14-16,20,27-28H,2,9-10,12-13H2,1H3,(H,30,31). The number of rotatable bonds is 4. The Kier molecular flexibility index (Phi) is 5.26. The first-order chi connectivity index (χ1) is 15.2. The number of aryl methyl sites for hydroxylation is 1. The van der Waals surface area contributed by atoms with Gasteiger partial charge in [0.15, 0.2) is 0 Å². The molecule has 0 saturated carbocycles. The molecule has 0 unspecified atom stereocenters. The summed E-state index contributed by atoms with van der Waals surface area (Å²) in [5.74, 6) is 1.43. The lowest BCUT2D eigenvalue weighted by Gasteiger charge is -2.23. The summed E-state index contributed by atoms with van der Waals surface area (Å²) >= 11 is 0. The third kappa shape index (κ3) is 4.09. The van der Waals surface area contributed by atoms with Crippen molar-refractivity contribution < 1.29 is 0 Å². The summed E-state index contributed by atoms with van der Waals surface area (Å²) in [6.07, 6.45) is 8.24. The van der Waals surface area contributed by atoms with Crippen LogP contribution in [0.15, 0.2) is 61.4 Å². The first-order valence-corrected chi connectivity index (χ1v) is 10.9. The van der Waals surface area contributed by atoms with E-state index < -0.39 is 0 Å². The molecule has 1 saturated heterocycles. The van der Waals surface area contributed by atoms with Gasteiger partial charge >= 0.3 is 0 Å². The van der Waals surface area contributed by atoms with Gasteiger partial charge in [-0.25, -0.2) is 4.98 Å². The highest BCUT2D eigenvalue weighted by Crippen LogP contribution is 2.34. The molecule has 156 valence electrons. The van der Waals surface area contributed by atoms with Gasteiger partial charge in [-0.1, -0.05) is 24.8 Å². The highest BCUT2D eigenvalue weighted by Gasteiger charge is 2.19. The molecule has 0 radical (unpaired) electrons. The van der Waals surface area contributed by atoms with Crippen molar-refractivity contribution in [3.05, 3.63) is 83.7 Å². The van der Waals surface area contributed by atoms with Crippen molar-refractivity contribution >= 4 is 23.3 Å². The molecule has 0 spiro atoms. The Bertz CT molecular complexity index is 1120. The minimum absolute atomic E-state index is 0.645. The second kappa shape index (κ2) is 8.36. The quantitative estimate of drug-likeness (QED) is 0.552. The molecule has 2 aliphatic rings. The SMILES string of the molecule is C=C1NC=Cc2cc(-c3ccc(C)cn3)nc(Nc3ccc(C4CCNCC4)cc3)c21. The number of anilines is 2. The van der Waals surface area contributed by atoms with Crippen molar-refractivity contribution in [1.82, 2.24) is 20.6 Å². The van der Waals surface area contributed by atoms with Crippen LogP contribution in [0.25, 0.3) is 23.2 Å². The highest BCUT2D eigenvalue weighted by atomic mass is 15.0. The van der Waals surface area contributed by atoms with Crippen LogP contribution in [0.5, 0.6) is 0 Å². The van der Waals surface area contributed by atoms with Gasteiger partial charge in [-0.15, -0.1) is 0 Å². The van der Waals surface area contributed by atoms with Gasteiger partial charge in [0.25, 0.3) is 0 Å². The second-order valence-electron chi connectivity index (χ2n) is 8.27. The Labute approximate surface area is 183 Å². The number of nitrogens with zero attached hydrogens (tertiary/aromatic N) is 2. The largest absolute Gasteiger partial charge is 0.362 e. The summed E-state index contributed by atoms with van der Waals surface area (Å²) in [6.45, 7) is 8.42. The maximum Gasteiger partial charge on any atom is 0.141 e. The maximum atomic E-state index is 4.93. The van der Waals surface area contributed by atoms with Crippen molar-refractivity contribution in [1.29, 1.82) is 0 Å². The van der Waals surface area contributed by atoms with Crippen molar-refractivity contribution in [3.8, 4) is 11.4 Å². The molecule has 2 aromatic heterocycles. The van der Waals surface area contributed by atoms with E-state index >= 15 is 0 Å². The van der Waals surface area contributed by atoms with Crippen LogP contribution < -0.4 is 16.0 Å². The zero-order valence-electron chi connectivity index (χ0n) is 17.8. The molecule has 3 N–H and O–H groups in total.